The predicted molar refractivity (Wildman–Crippen MR) is 155 cm³/mol. The number of aliphatic carboxylic acids is 2. The second kappa shape index (κ2) is 14.8. The quantitative estimate of drug-likeness (QED) is 0.147. The minimum atomic E-state index is -1.65. The lowest BCUT2D eigenvalue weighted by Crippen LogP contribution is -2.27. The number of rotatable bonds is 13. The molecule has 40 heavy (non-hydrogen) atoms. The summed E-state index contributed by atoms with van der Waals surface area (Å²) in [6, 6.07) is 6.12. The average Bonchev–Trinajstić information content (AvgIpc) is 2.84. The number of Topliss-reactive ketones (excluding diaryl/α,β-unsaturated/α-hetero) is 1. The molecule has 8 nitrogen and oxygen atoms in total. The third-order valence-electron chi connectivity index (χ3n) is 6.61. The van der Waals surface area contributed by atoms with Crippen molar-refractivity contribution in [2.45, 2.75) is 72.8 Å². The van der Waals surface area contributed by atoms with Gasteiger partial charge in [0, 0.05) is 11.8 Å². The highest BCUT2D eigenvalue weighted by Crippen LogP contribution is 2.40. The summed E-state index contributed by atoms with van der Waals surface area (Å²) in [5.41, 5.74) is 5.42. The number of carbonyl (C=O) groups excluding carboxylic acids is 2. The zero-order valence-corrected chi connectivity index (χ0v) is 23.8. The van der Waals surface area contributed by atoms with E-state index in [1.54, 1.807) is 12.1 Å². The molecule has 3 N–H and O–H groups in total. The summed E-state index contributed by atoms with van der Waals surface area (Å²) in [4.78, 5) is 45.7. The van der Waals surface area contributed by atoms with Gasteiger partial charge in [0.1, 0.15) is 11.9 Å². The van der Waals surface area contributed by atoms with Crippen molar-refractivity contribution in [3.8, 4) is 5.75 Å². The normalized spacial score (nSPS) is 16.7. The van der Waals surface area contributed by atoms with Crippen LogP contribution in [0.15, 0.2) is 83.0 Å². The molecule has 0 heterocycles. The van der Waals surface area contributed by atoms with E-state index in [1.807, 2.05) is 32.1 Å². The highest BCUT2D eigenvalue weighted by molar-refractivity contribution is 6.32. The van der Waals surface area contributed by atoms with Gasteiger partial charge in [-0.05, 0) is 80.9 Å². The molecule has 2 rings (SSSR count). The number of allylic oxidation sites excluding steroid dienone is 9. The molecular formula is C32H39NO7. The maximum atomic E-state index is 12.4. The molecule has 0 radical (unpaired) electrons. The molecule has 1 unspecified atom stereocenters. The third-order valence-corrected chi connectivity index (χ3v) is 6.61. The van der Waals surface area contributed by atoms with Gasteiger partial charge in [-0.2, -0.15) is 0 Å². The Morgan fingerprint density at radius 1 is 1.02 bits per heavy atom. The number of carbonyl (C=O) groups is 4. The van der Waals surface area contributed by atoms with E-state index in [2.05, 4.69) is 38.2 Å². The first-order chi connectivity index (χ1) is 18.8. The van der Waals surface area contributed by atoms with E-state index in [0.717, 1.165) is 17.6 Å². The molecule has 214 valence electrons. The Balaban J connectivity index is 1.95. The standard InChI is InChI=1S/C32H39NO7/c1-21(11-16-27-23(3)10-7-17-32(27,4)5)8-6-9-22(2)18-29(35)33-24-12-14-25(15-13-24)40-26(20-30(36)37)19-28(34)31(38)39/h6,8-9,11-16,18,26H,7,10,17,19-20H2,1-5H3,(H,33,35)(H,36,37)(H,38,39)/b9-6+,16-11?,21-8?,22-18+. The van der Waals surface area contributed by atoms with Crippen LogP contribution in [0.4, 0.5) is 5.69 Å². The summed E-state index contributed by atoms with van der Waals surface area (Å²) in [6.07, 6.45) is 12.9. The Kier molecular flexibility index (Phi) is 11.9. The second-order valence-corrected chi connectivity index (χ2v) is 10.7. The average molecular weight is 550 g/mol. The van der Waals surface area contributed by atoms with Crippen molar-refractivity contribution in [1.82, 2.24) is 0 Å². The van der Waals surface area contributed by atoms with Gasteiger partial charge < -0.3 is 20.3 Å². The summed E-state index contributed by atoms with van der Waals surface area (Å²) in [5, 5.41) is 20.5. The molecule has 1 aliphatic rings. The lowest BCUT2D eigenvalue weighted by molar-refractivity contribution is -0.150. The lowest BCUT2D eigenvalue weighted by atomic mass is 9.72. The zero-order chi connectivity index (χ0) is 29.9. The molecule has 1 aromatic carbocycles. The van der Waals surface area contributed by atoms with Crippen LogP contribution in [0.5, 0.6) is 5.75 Å². The number of anilines is 1. The van der Waals surface area contributed by atoms with Crippen LogP contribution in [-0.2, 0) is 19.2 Å². The van der Waals surface area contributed by atoms with Gasteiger partial charge in [-0.1, -0.05) is 55.4 Å². The molecular weight excluding hydrogens is 510 g/mol. The van der Waals surface area contributed by atoms with E-state index in [4.69, 9.17) is 14.9 Å². The minimum absolute atomic E-state index is 0.195. The van der Waals surface area contributed by atoms with Crippen LogP contribution in [0, 0.1) is 5.41 Å². The Labute approximate surface area is 235 Å². The number of hydrogen-bond acceptors (Lipinski definition) is 5. The first-order valence-corrected chi connectivity index (χ1v) is 13.2. The van der Waals surface area contributed by atoms with Gasteiger partial charge in [-0.25, -0.2) is 4.79 Å². The maximum absolute atomic E-state index is 12.4. The topological polar surface area (TPSA) is 130 Å². The van der Waals surface area contributed by atoms with Crippen molar-refractivity contribution in [2.75, 3.05) is 5.32 Å². The summed E-state index contributed by atoms with van der Waals surface area (Å²) in [6.45, 7) is 10.7. The summed E-state index contributed by atoms with van der Waals surface area (Å²) < 4.78 is 5.49. The number of ketones is 1. The number of ether oxygens (including phenoxy) is 1. The first-order valence-electron chi connectivity index (χ1n) is 13.2. The Morgan fingerprint density at radius 3 is 2.30 bits per heavy atom. The fourth-order valence-electron chi connectivity index (χ4n) is 4.52. The van der Waals surface area contributed by atoms with Crippen LogP contribution in [0.3, 0.4) is 0 Å². The molecule has 1 atom stereocenters. The van der Waals surface area contributed by atoms with Crippen LogP contribution >= 0.6 is 0 Å². The Bertz CT molecular complexity index is 1260. The van der Waals surface area contributed by atoms with E-state index in [1.165, 1.54) is 42.2 Å². The molecule has 0 spiro atoms. The number of amides is 1. The van der Waals surface area contributed by atoms with E-state index in [0.29, 0.717) is 5.69 Å². The van der Waals surface area contributed by atoms with E-state index in [9.17, 15) is 19.2 Å². The van der Waals surface area contributed by atoms with Crippen molar-refractivity contribution in [3.63, 3.8) is 0 Å². The van der Waals surface area contributed by atoms with Gasteiger partial charge in [0.05, 0.1) is 12.8 Å². The summed E-state index contributed by atoms with van der Waals surface area (Å²) in [7, 11) is 0. The monoisotopic (exact) mass is 549 g/mol. The summed E-state index contributed by atoms with van der Waals surface area (Å²) >= 11 is 0. The van der Waals surface area contributed by atoms with Gasteiger partial charge in [0.2, 0.25) is 11.7 Å². The van der Waals surface area contributed by atoms with Gasteiger partial charge in [-0.15, -0.1) is 0 Å². The Morgan fingerprint density at radius 2 is 1.70 bits per heavy atom. The fourth-order valence-corrected chi connectivity index (χ4v) is 4.52. The molecule has 1 aliphatic carbocycles. The van der Waals surface area contributed by atoms with Crippen LogP contribution in [0.2, 0.25) is 0 Å². The van der Waals surface area contributed by atoms with Crippen molar-refractivity contribution in [3.05, 3.63) is 83.0 Å². The number of hydrogen-bond donors (Lipinski definition) is 3. The number of benzene rings is 1. The highest BCUT2D eigenvalue weighted by atomic mass is 16.5. The highest BCUT2D eigenvalue weighted by Gasteiger charge is 2.26. The van der Waals surface area contributed by atoms with Crippen molar-refractivity contribution < 1.29 is 34.1 Å². The second-order valence-electron chi connectivity index (χ2n) is 10.7. The van der Waals surface area contributed by atoms with Crippen molar-refractivity contribution >= 4 is 29.3 Å². The number of nitrogens with one attached hydrogen (secondary N) is 1. The minimum Gasteiger partial charge on any atom is -0.489 e. The van der Waals surface area contributed by atoms with E-state index >= 15 is 0 Å². The third kappa shape index (κ3) is 10.9. The van der Waals surface area contributed by atoms with E-state index < -0.39 is 36.7 Å². The molecule has 1 amide bonds. The maximum Gasteiger partial charge on any atom is 0.372 e. The Hall–Kier alpha value is -4.20. The number of carboxylic acid groups (broad SMARTS) is 2. The van der Waals surface area contributed by atoms with Crippen LogP contribution < -0.4 is 10.1 Å². The fraction of sp³-hybridized carbons (Fsp3) is 0.375. The molecule has 0 saturated heterocycles. The van der Waals surface area contributed by atoms with Crippen molar-refractivity contribution in [2.24, 2.45) is 5.41 Å². The van der Waals surface area contributed by atoms with Gasteiger partial charge in [0.15, 0.2) is 0 Å². The van der Waals surface area contributed by atoms with Crippen LogP contribution in [0.25, 0.3) is 0 Å². The largest absolute Gasteiger partial charge is 0.489 e. The van der Waals surface area contributed by atoms with E-state index in [-0.39, 0.29) is 17.1 Å². The first kappa shape index (κ1) is 32.0. The van der Waals surface area contributed by atoms with Gasteiger partial charge in [-0.3, -0.25) is 14.4 Å². The van der Waals surface area contributed by atoms with Crippen LogP contribution in [0.1, 0.15) is 66.7 Å². The molecule has 0 aliphatic heterocycles. The van der Waals surface area contributed by atoms with Gasteiger partial charge >= 0.3 is 11.9 Å². The number of carboxylic acids is 2. The molecule has 0 bridgehead atoms. The molecule has 8 heteroatoms. The molecule has 1 aromatic rings. The zero-order valence-electron chi connectivity index (χ0n) is 23.8. The molecule has 0 fully saturated rings. The SMILES string of the molecule is CC(C=CC1=C(C)CCCC1(C)C)=C/C=C/C(C)=C/C(=O)Nc1ccc(OC(CC(=O)O)CC(=O)C(=O)O)cc1. The predicted octanol–water partition coefficient (Wildman–Crippen LogP) is 6.42. The summed E-state index contributed by atoms with van der Waals surface area (Å²) in [5.74, 6) is -4.09. The van der Waals surface area contributed by atoms with Crippen LogP contribution in [-0.4, -0.2) is 39.9 Å². The van der Waals surface area contributed by atoms with Crippen molar-refractivity contribution in [1.29, 1.82) is 0 Å². The lowest BCUT2D eigenvalue weighted by Gasteiger charge is -2.32. The smallest absolute Gasteiger partial charge is 0.372 e. The molecule has 0 aromatic heterocycles. The van der Waals surface area contributed by atoms with Gasteiger partial charge in [0.25, 0.3) is 0 Å². The molecule has 0 saturated carbocycles.